The van der Waals surface area contributed by atoms with Crippen LogP contribution in [0.4, 0.5) is 5.69 Å². The van der Waals surface area contributed by atoms with Crippen molar-refractivity contribution in [1.82, 2.24) is 10.2 Å². The third-order valence-corrected chi connectivity index (χ3v) is 8.47. The lowest BCUT2D eigenvalue weighted by atomic mass is 10.0. The van der Waals surface area contributed by atoms with Crippen molar-refractivity contribution in [3.63, 3.8) is 0 Å². The van der Waals surface area contributed by atoms with Gasteiger partial charge in [-0.25, -0.2) is 8.42 Å². The van der Waals surface area contributed by atoms with E-state index in [1.807, 2.05) is 36.4 Å². The Morgan fingerprint density at radius 2 is 1.68 bits per heavy atom. The minimum absolute atomic E-state index is 0.0280. The molecule has 3 aromatic carbocycles. The van der Waals surface area contributed by atoms with Gasteiger partial charge in [0.2, 0.25) is 28.6 Å². The Balaban J connectivity index is 1.74. The number of nitrogens with zero attached hydrogens (tertiary/aromatic N) is 2. The van der Waals surface area contributed by atoms with E-state index in [1.165, 1.54) is 11.8 Å². The van der Waals surface area contributed by atoms with Crippen LogP contribution in [0, 0.1) is 0 Å². The summed E-state index contributed by atoms with van der Waals surface area (Å²) in [5, 5.41) is 2.84. The number of methoxy groups -OCH3 is 1. The Kier molecular flexibility index (Phi) is 9.72. The van der Waals surface area contributed by atoms with E-state index in [-0.39, 0.29) is 37.1 Å². The number of hydrogen-bond acceptors (Lipinski definition) is 7. The fourth-order valence-electron chi connectivity index (χ4n) is 4.57. The van der Waals surface area contributed by atoms with Gasteiger partial charge in [-0.15, -0.1) is 0 Å². The Hall–Kier alpha value is -4.25. The first-order valence-electron chi connectivity index (χ1n) is 13.4. The highest BCUT2D eigenvalue weighted by Gasteiger charge is 2.34. The molecule has 0 unspecified atom stereocenters. The summed E-state index contributed by atoms with van der Waals surface area (Å²) < 4.78 is 43.8. The van der Waals surface area contributed by atoms with Crippen molar-refractivity contribution in [3.8, 4) is 17.2 Å². The molecule has 41 heavy (non-hydrogen) atoms. The van der Waals surface area contributed by atoms with E-state index in [0.717, 1.165) is 15.4 Å². The van der Waals surface area contributed by atoms with Crippen molar-refractivity contribution >= 4 is 27.5 Å². The van der Waals surface area contributed by atoms with Gasteiger partial charge >= 0.3 is 0 Å². The predicted molar refractivity (Wildman–Crippen MR) is 156 cm³/mol. The molecule has 0 bridgehead atoms. The number of hydrogen-bond donors (Lipinski definition) is 1. The summed E-state index contributed by atoms with van der Waals surface area (Å²) in [5.41, 5.74) is 1.86. The van der Waals surface area contributed by atoms with Gasteiger partial charge < -0.3 is 24.4 Å². The van der Waals surface area contributed by atoms with E-state index in [1.54, 1.807) is 50.4 Å². The molecule has 0 radical (unpaired) electrons. The number of rotatable bonds is 13. The standard InChI is InChI=1S/C30H35N3O7S/c1-4-31-30(35)26(17-22-10-7-6-8-11-22)32(19-23-12-9-13-25(16-23)38-3)29(34)20-33(41(36,37)5-2)24-14-15-27-28(18-24)40-21-39-27/h6-16,18,26H,4-5,17,19-21H2,1-3H3,(H,31,35)/t26-/m0/s1. The van der Waals surface area contributed by atoms with Gasteiger partial charge in [-0.2, -0.15) is 0 Å². The Morgan fingerprint density at radius 1 is 0.951 bits per heavy atom. The van der Waals surface area contributed by atoms with Crippen molar-refractivity contribution in [2.45, 2.75) is 32.9 Å². The van der Waals surface area contributed by atoms with E-state index in [2.05, 4.69) is 5.32 Å². The maximum Gasteiger partial charge on any atom is 0.244 e. The van der Waals surface area contributed by atoms with Crippen LogP contribution in [0.3, 0.4) is 0 Å². The quantitative estimate of drug-likeness (QED) is 0.329. The number of fused-ring (bicyclic) bond motifs is 1. The van der Waals surface area contributed by atoms with Crippen LogP contribution < -0.4 is 23.8 Å². The highest BCUT2D eigenvalue weighted by Crippen LogP contribution is 2.36. The van der Waals surface area contributed by atoms with Crippen LogP contribution in [-0.2, 0) is 32.6 Å². The zero-order chi connectivity index (χ0) is 29.4. The lowest BCUT2D eigenvalue weighted by Crippen LogP contribution is -2.53. The van der Waals surface area contributed by atoms with Crippen molar-refractivity contribution in [3.05, 3.63) is 83.9 Å². The molecule has 0 aromatic heterocycles. The molecule has 0 saturated carbocycles. The van der Waals surface area contributed by atoms with Crippen LogP contribution in [0.2, 0.25) is 0 Å². The van der Waals surface area contributed by atoms with Crippen LogP contribution in [0.1, 0.15) is 25.0 Å². The molecule has 0 fully saturated rings. The fraction of sp³-hybridized carbons (Fsp3) is 0.333. The number of likely N-dealkylation sites (N-methyl/N-ethyl adjacent to an activating group) is 1. The maximum absolute atomic E-state index is 14.2. The third-order valence-electron chi connectivity index (χ3n) is 6.73. The highest BCUT2D eigenvalue weighted by molar-refractivity contribution is 7.92. The van der Waals surface area contributed by atoms with Crippen LogP contribution in [0.5, 0.6) is 17.2 Å². The molecule has 0 saturated heterocycles. The smallest absolute Gasteiger partial charge is 0.244 e. The predicted octanol–water partition coefficient (Wildman–Crippen LogP) is 3.36. The van der Waals surface area contributed by atoms with Crippen molar-refractivity contribution in [1.29, 1.82) is 0 Å². The van der Waals surface area contributed by atoms with E-state index in [0.29, 0.717) is 23.8 Å². The number of anilines is 1. The van der Waals surface area contributed by atoms with Crippen LogP contribution in [0.25, 0.3) is 0 Å². The zero-order valence-electron chi connectivity index (χ0n) is 23.4. The second kappa shape index (κ2) is 13.4. The van der Waals surface area contributed by atoms with Gasteiger partial charge in [-0.05, 0) is 49.2 Å². The Morgan fingerprint density at radius 3 is 2.39 bits per heavy atom. The van der Waals surface area contributed by atoms with Crippen molar-refractivity contribution in [2.24, 2.45) is 0 Å². The molecule has 4 rings (SSSR count). The Labute approximate surface area is 240 Å². The van der Waals surface area contributed by atoms with Crippen LogP contribution >= 0.6 is 0 Å². The average molecular weight is 582 g/mol. The van der Waals surface area contributed by atoms with Crippen molar-refractivity contribution < 1.29 is 32.2 Å². The molecule has 1 atom stereocenters. The van der Waals surface area contributed by atoms with Gasteiger partial charge in [0.05, 0.1) is 18.6 Å². The summed E-state index contributed by atoms with van der Waals surface area (Å²) in [6, 6.07) is 20.4. The number of carbonyl (C=O) groups excluding carboxylic acids is 2. The van der Waals surface area contributed by atoms with Gasteiger partial charge in [0, 0.05) is 25.6 Å². The molecular weight excluding hydrogens is 546 g/mol. The fourth-order valence-corrected chi connectivity index (χ4v) is 5.63. The van der Waals surface area contributed by atoms with E-state index >= 15 is 0 Å². The normalized spacial score (nSPS) is 12.9. The van der Waals surface area contributed by atoms with E-state index < -0.39 is 28.5 Å². The van der Waals surface area contributed by atoms with Crippen molar-refractivity contribution in [2.75, 3.05) is 37.1 Å². The molecule has 2 amide bonds. The molecule has 1 N–H and O–H groups in total. The summed E-state index contributed by atoms with van der Waals surface area (Å²) >= 11 is 0. The molecule has 10 nitrogen and oxygen atoms in total. The number of ether oxygens (including phenoxy) is 3. The minimum Gasteiger partial charge on any atom is -0.497 e. The molecule has 0 aliphatic carbocycles. The van der Waals surface area contributed by atoms with Gasteiger partial charge in [0.1, 0.15) is 18.3 Å². The van der Waals surface area contributed by atoms with Gasteiger partial charge in [-0.3, -0.25) is 13.9 Å². The second-order valence-electron chi connectivity index (χ2n) is 9.42. The summed E-state index contributed by atoms with van der Waals surface area (Å²) in [5.74, 6) is 0.392. The molecule has 3 aromatic rings. The topological polar surface area (TPSA) is 114 Å². The monoisotopic (exact) mass is 581 g/mol. The maximum atomic E-state index is 14.2. The minimum atomic E-state index is -3.89. The van der Waals surface area contributed by atoms with E-state index in [9.17, 15) is 18.0 Å². The first kappa shape index (κ1) is 29.7. The first-order valence-corrected chi connectivity index (χ1v) is 15.0. The largest absolute Gasteiger partial charge is 0.497 e. The van der Waals surface area contributed by atoms with E-state index in [4.69, 9.17) is 14.2 Å². The average Bonchev–Trinajstić information content (AvgIpc) is 3.46. The lowest BCUT2D eigenvalue weighted by Gasteiger charge is -2.33. The van der Waals surface area contributed by atoms with Gasteiger partial charge in [0.15, 0.2) is 11.5 Å². The number of amides is 2. The number of sulfonamides is 1. The number of benzene rings is 3. The van der Waals surface area contributed by atoms with Gasteiger partial charge in [-0.1, -0.05) is 42.5 Å². The number of nitrogens with one attached hydrogen (secondary N) is 1. The SMILES string of the molecule is CCNC(=O)[C@H](Cc1ccccc1)N(Cc1cccc(OC)c1)C(=O)CN(c1ccc2c(c1)OCO2)S(=O)(=O)CC. The second-order valence-corrected chi connectivity index (χ2v) is 11.6. The van der Waals surface area contributed by atoms with Crippen LogP contribution in [-0.4, -0.2) is 63.9 Å². The lowest BCUT2D eigenvalue weighted by molar-refractivity contribution is -0.140. The van der Waals surface area contributed by atoms with Crippen LogP contribution in [0.15, 0.2) is 72.8 Å². The summed E-state index contributed by atoms with van der Waals surface area (Å²) in [7, 11) is -2.34. The number of carbonyl (C=O) groups is 2. The molecule has 11 heteroatoms. The molecule has 1 aliphatic rings. The summed E-state index contributed by atoms with van der Waals surface area (Å²) in [4.78, 5) is 29.1. The Bertz CT molecular complexity index is 1460. The highest BCUT2D eigenvalue weighted by atomic mass is 32.2. The van der Waals surface area contributed by atoms with Gasteiger partial charge in [0.25, 0.3) is 0 Å². The molecule has 1 aliphatic heterocycles. The molecule has 218 valence electrons. The third kappa shape index (κ3) is 7.29. The zero-order valence-corrected chi connectivity index (χ0v) is 24.2. The first-order chi connectivity index (χ1) is 19.7. The molecular formula is C30H35N3O7S. The molecule has 1 heterocycles. The summed E-state index contributed by atoms with van der Waals surface area (Å²) in [6.45, 7) is 3.27. The summed E-state index contributed by atoms with van der Waals surface area (Å²) in [6.07, 6.45) is 0.243. The molecule has 0 spiro atoms.